The maximum absolute atomic E-state index is 9.58. The molecule has 0 aromatic heterocycles. The van der Waals surface area contributed by atoms with E-state index in [4.69, 9.17) is 23.7 Å². The summed E-state index contributed by atoms with van der Waals surface area (Å²) in [6.07, 6.45) is 0. The van der Waals surface area contributed by atoms with Crippen LogP contribution in [0.1, 0.15) is 11.1 Å². The van der Waals surface area contributed by atoms with Crippen LogP contribution in [0.2, 0.25) is 0 Å². The second kappa shape index (κ2) is 8.14. The predicted molar refractivity (Wildman–Crippen MR) is 93.1 cm³/mol. The lowest BCUT2D eigenvalue weighted by atomic mass is 10.0. The van der Waals surface area contributed by atoms with Crippen LogP contribution in [-0.2, 0) is 0 Å². The predicted octanol–water partition coefficient (Wildman–Crippen LogP) is 2.96. The summed E-state index contributed by atoms with van der Waals surface area (Å²) in [6, 6.07) is 8.62. The zero-order chi connectivity index (χ0) is 18.4. The number of hydrogen-bond acceptors (Lipinski definition) is 7. The van der Waals surface area contributed by atoms with Gasteiger partial charge in [-0.05, 0) is 30.3 Å². The molecule has 0 saturated carbocycles. The molecule has 0 radical (unpaired) electrons. The molecule has 134 valence electrons. The molecule has 0 aliphatic rings. The highest BCUT2D eigenvalue weighted by molar-refractivity contribution is 6.13. The molecule has 2 aromatic carbocycles. The van der Waals surface area contributed by atoms with Gasteiger partial charge in [0.1, 0.15) is 5.71 Å². The van der Waals surface area contributed by atoms with E-state index in [1.54, 1.807) is 37.4 Å². The van der Waals surface area contributed by atoms with Crippen LogP contribution >= 0.6 is 0 Å². The highest BCUT2D eigenvalue weighted by atomic mass is 16.5. The number of rotatable bonds is 7. The highest BCUT2D eigenvalue weighted by Gasteiger charge is 2.18. The molecule has 0 fully saturated rings. The van der Waals surface area contributed by atoms with Crippen molar-refractivity contribution in [2.45, 2.75) is 0 Å². The fraction of sp³-hybridized carbons (Fsp3) is 0.278. The van der Waals surface area contributed by atoms with Crippen molar-refractivity contribution in [3.05, 3.63) is 41.5 Å². The van der Waals surface area contributed by atoms with E-state index in [0.717, 1.165) is 0 Å². The van der Waals surface area contributed by atoms with E-state index in [9.17, 15) is 5.21 Å². The Morgan fingerprint density at radius 2 is 1.20 bits per heavy atom. The minimum absolute atomic E-state index is 0.320. The van der Waals surface area contributed by atoms with Crippen LogP contribution in [0.15, 0.2) is 35.5 Å². The van der Waals surface area contributed by atoms with Crippen molar-refractivity contribution in [2.75, 3.05) is 35.5 Å². The fourth-order valence-electron chi connectivity index (χ4n) is 2.48. The Labute approximate surface area is 146 Å². The Balaban J connectivity index is 2.59. The minimum Gasteiger partial charge on any atom is -0.493 e. The van der Waals surface area contributed by atoms with Crippen molar-refractivity contribution in [3.8, 4) is 28.7 Å². The van der Waals surface area contributed by atoms with Crippen molar-refractivity contribution >= 4 is 5.71 Å². The molecule has 0 aliphatic carbocycles. The Bertz CT molecular complexity index is 747. The van der Waals surface area contributed by atoms with Gasteiger partial charge < -0.3 is 28.9 Å². The van der Waals surface area contributed by atoms with Crippen LogP contribution in [0.3, 0.4) is 0 Å². The van der Waals surface area contributed by atoms with Crippen LogP contribution < -0.4 is 23.7 Å². The van der Waals surface area contributed by atoms with E-state index in [0.29, 0.717) is 45.6 Å². The van der Waals surface area contributed by atoms with Gasteiger partial charge in [0.05, 0.1) is 35.5 Å². The molecular formula is C18H21NO6. The molecular weight excluding hydrogens is 326 g/mol. The Morgan fingerprint density at radius 3 is 1.64 bits per heavy atom. The smallest absolute Gasteiger partial charge is 0.203 e. The SMILES string of the molecule is COc1ccc(/C(=N/O)c2cc(OC)c(OC)c(OC)c2)cc1OC. The van der Waals surface area contributed by atoms with Crippen LogP contribution in [0.5, 0.6) is 28.7 Å². The summed E-state index contributed by atoms with van der Waals surface area (Å²) in [5.74, 6) is 2.47. The number of methoxy groups -OCH3 is 5. The van der Waals surface area contributed by atoms with Crippen molar-refractivity contribution < 1.29 is 28.9 Å². The Kier molecular flexibility index (Phi) is 5.94. The van der Waals surface area contributed by atoms with E-state index in [-0.39, 0.29) is 0 Å². The van der Waals surface area contributed by atoms with Gasteiger partial charge in [-0.1, -0.05) is 5.16 Å². The molecule has 0 amide bonds. The molecule has 2 aromatic rings. The molecule has 7 heteroatoms. The molecule has 0 bridgehead atoms. The van der Waals surface area contributed by atoms with E-state index >= 15 is 0 Å². The van der Waals surface area contributed by atoms with Gasteiger partial charge in [-0.2, -0.15) is 0 Å². The number of ether oxygens (including phenoxy) is 5. The van der Waals surface area contributed by atoms with Crippen molar-refractivity contribution in [3.63, 3.8) is 0 Å². The third-order valence-corrected chi connectivity index (χ3v) is 3.70. The molecule has 0 spiro atoms. The van der Waals surface area contributed by atoms with E-state index in [1.807, 2.05) is 0 Å². The molecule has 2 rings (SSSR count). The first-order valence-corrected chi connectivity index (χ1v) is 7.38. The van der Waals surface area contributed by atoms with Crippen LogP contribution in [0.4, 0.5) is 0 Å². The van der Waals surface area contributed by atoms with Gasteiger partial charge in [-0.25, -0.2) is 0 Å². The minimum atomic E-state index is 0.320. The van der Waals surface area contributed by atoms with Crippen molar-refractivity contribution in [1.82, 2.24) is 0 Å². The summed E-state index contributed by atoms with van der Waals surface area (Å²) in [5.41, 5.74) is 1.54. The molecule has 0 atom stereocenters. The number of benzene rings is 2. The molecule has 1 N–H and O–H groups in total. The lowest BCUT2D eigenvalue weighted by Crippen LogP contribution is -2.06. The summed E-state index contributed by atoms with van der Waals surface area (Å²) < 4.78 is 26.5. The summed E-state index contributed by atoms with van der Waals surface area (Å²) in [4.78, 5) is 0. The Hall–Kier alpha value is -3.09. The van der Waals surface area contributed by atoms with Crippen LogP contribution in [-0.4, -0.2) is 46.5 Å². The lowest BCUT2D eigenvalue weighted by molar-refractivity contribution is 0.318. The van der Waals surface area contributed by atoms with E-state index in [2.05, 4.69) is 5.16 Å². The van der Waals surface area contributed by atoms with Crippen molar-refractivity contribution in [1.29, 1.82) is 0 Å². The maximum Gasteiger partial charge on any atom is 0.203 e. The molecule has 0 aliphatic heterocycles. The highest BCUT2D eigenvalue weighted by Crippen LogP contribution is 2.39. The number of oxime groups is 1. The summed E-state index contributed by atoms with van der Waals surface area (Å²) in [7, 11) is 7.66. The molecule has 7 nitrogen and oxygen atoms in total. The van der Waals surface area contributed by atoms with Crippen LogP contribution in [0.25, 0.3) is 0 Å². The van der Waals surface area contributed by atoms with E-state index in [1.165, 1.54) is 28.4 Å². The summed E-state index contributed by atoms with van der Waals surface area (Å²) in [6.45, 7) is 0. The van der Waals surface area contributed by atoms with Crippen molar-refractivity contribution in [2.24, 2.45) is 5.16 Å². The molecule has 25 heavy (non-hydrogen) atoms. The zero-order valence-electron chi connectivity index (χ0n) is 14.8. The molecule has 0 saturated heterocycles. The monoisotopic (exact) mass is 347 g/mol. The lowest BCUT2D eigenvalue weighted by Gasteiger charge is -2.15. The average molecular weight is 347 g/mol. The van der Waals surface area contributed by atoms with Gasteiger partial charge in [0.15, 0.2) is 23.0 Å². The zero-order valence-corrected chi connectivity index (χ0v) is 14.8. The molecule has 0 unspecified atom stereocenters. The number of hydrogen-bond donors (Lipinski definition) is 1. The van der Waals surface area contributed by atoms with Crippen LogP contribution in [0, 0.1) is 0 Å². The quantitative estimate of drug-likeness (QED) is 0.471. The van der Waals surface area contributed by atoms with Gasteiger partial charge in [0.2, 0.25) is 5.75 Å². The topological polar surface area (TPSA) is 78.7 Å². The summed E-state index contributed by atoms with van der Waals surface area (Å²) in [5, 5.41) is 13.0. The Morgan fingerprint density at radius 1 is 0.680 bits per heavy atom. The standard InChI is InChI=1S/C18H21NO6/c1-21-13-7-6-11(8-14(13)22-2)17(19-20)12-9-15(23-3)18(25-5)16(10-12)24-4/h6-10,20H,1-5H3/b19-17-. The normalized spacial score (nSPS) is 11.0. The fourth-order valence-corrected chi connectivity index (χ4v) is 2.48. The first-order valence-electron chi connectivity index (χ1n) is 7.38. The van der Waals surface area contributed by atoms with Gasteiger partial charge in [-0.15, -0.1) is 0 Å². The first kappa shape index (κ1) is 18.3. The second-order valence-electron chi connectivity index (χ2n) is 4.93. The van der Waals surface area contributed by atoms with Gasteiger partial charge in [0.25, 0.3) is 0 Å². The van der Waals surface area contributed by atoms with E-state index < -0.39 is 0 Å². The second-order valence-corrected chi connectivity index (χ2v) is 4.93. The number of nitrogens with zero attached hydrogens (tertiary/aromatic N) is 1. The maximum atomic E-state index is 9.58. The van der Waals surface area contributed by atoms with Gasteiger partial charge in [-0.3, -0.25) is 0 Å². The van der Waals surface area contributed by atoms with Gasteiger partial charge in [0, 0.05) is 11.1 Å². The first-order chi connectivity index (χ1) is 12.1. The average Bonchev–Trinajstić information content (AvgIpc) is 2.67. The molecule has 0 heterocycles. The third kappa shape index (κ3) is 3.55. The summed E-state index contributed by atoms with van der Waals surface area (Å²) >= 11 is 0. The third-order valence-electron chi connectivity index (χ3n) is 3.70. The largest absolute Gasteiger partial charge is 0.493 e. The van der Waals surface area contributed by atoms with Gasteiger partial charge >= 0.3 is 0 Å².